The second-order valence-corrected chi connectivity index (χ2v) is 6.07. The Hall–Kier alpha value is -1.98. The molecule has 7 nitrogen and oxygen atoms in total. The highest BCUT2D eigenvalue weighted by Crippen LogP contribution is 2.25. The summed E-state index contributed by atoms with van der Waals surface area (Å²) in [6.45, 7) is 4.82. The number of nitrogens with one attached hydrogen (secondary N) is 1. The molecule has 0 fully saturated rings. The standard InChI is InChI=1S/C12H15N3O4S/c1-4-10(7-13)14-20(18,19)11-5-8(2)9(3)12(6-11)15(16)17/h5-6,10,14H,4H2,1-3H3. The summed E-state index contributed by atoms with van der Waals surface area (Å²) in [5, 5.41) is 19.7. The number of nitro groups is 1. The molecule has 1 rings (SSSR count). The van der Waals surface area contributed by atoms with Crippen LogP contribution in [0.1, 0.15) is 24.5 Å². The van der Waals surface area contributed by atoms with Crippen molar-refractivity contribution in [1.82, 2.24) is 4.72 Å². The van der Waals surface area contributed by atoms with Crippen molar-refractivity contribution in [2.75, 3.05) is 0 Å². The first-order valence-corrected chi connectivity index (χ1v) is 7.38. The molecule has 108 valence electrons. The lowest BCUT2D eigenvalue weighted by molar-refractivity contribution is -0.385. The molecule has 0 aliphatic carbocycles. The van der Waals surface area contributed by atoms with E-state index in [2.05, 4.69) is 4.72 Å². The molecule has 0 spiro atoms. The zero-order valence-corrected chi connectivity index (χ0v) is 12.2. The Morgan fingerprint density at radius 1 is 1.45 bits per heavy atom. The molecule has 0 aromatic heterocycles. The number of sulfonamides is 1. The van der Waals surface area contributed by atoms with Crippen LogP contribution in [0, 0.1) is 35.3 Å². The molecule has 0 heterocycles. The Kier molecular flexibility index (Phi) is 4.81. The molecule has 20 heavy (non-hydrogen) atoms. The summed E-state index contributed by atoms with van der Waals surface area (Å²) in [7, 11) is -3.96. The van der Waals surface area contributed by atoms with Crippen LogP contribution in [-0.4, -0.2) is 19.4 Å². The van der Waals surface area contributed by atoms with E-state index in [1.165, 1.54) is 6.07 Å². The maximum absolute atomic E-state index is 12.1. The lowest BCUT2D eigenvalue weighted by Gasteiger charge is -2.11. The van der Waals surface area contributed by atoms with Crippen LogP contribution in [0.2, 0.25) is 0 Å². The smallest absolute Gasteiger partial charge is 0.258 e. The van der Waals surface area contributed by atoms with Crippen LogP contribution >= 0.6 is 0 Å². The minimum Gasteiger partial charge on any atom is -0.258 e. The van der Waals surface area contributed by atoms with Crippen molar-refractivity contribution in [1.29, 1.82) is 5.26 Å². The van der Waals surface area contributed by atoms with Gasteiger partial charge in [-0.3, -0.25) is 10.1 Å². The first-order chi connectivity index (χ1) is 9.22. The third-order valence-corrected chi connectivity index (χ3v) is 4.43. The van der Waals surface area contributed by atoms with Crippen LogP contribution < -0.4 is 4.72 Å². The Balaban J connectivity index is 3.34. The van der Waals surface area contributed by atoms with Gasteiger partial charge in [0.2, 0.25) is 10.0 Å². The molecule has 1 aromatic carbocycles. The Bertz CT molecular complexity index is 677. The number of hydrogen-bond acceptors (Lipinski definition) is 5. The first kappa shape index (κ1) is 16.1. The summed E-state index contributed by atoms with van der Waals surface area (Å²) in [6.07, 6.45) is 0.308. The molecule has 1 unspecified atom stereocenters. The van der Waals surface area contributed by atoms with Crippen LogP contribution in [0.15, 0.2) is 17.0 Å². The normalized spacial score (nSPS) is 12.7. The van der Waals surface area contributed by atoms with Gasteiger partial charge < -0.3 is 0 Å². The number of nitriles is 1. The van der Waals surface area contributed by atoms with E-state index < -0.39 is 21.0 Å². The number of rotatable bonds is 5. The maximum Gasteiger partial charge on any atom is 0.273 e. The van der Waals surface area contributed by atoms with Crippen molar-refractivity contribution >= 4 is 15.7 Å². The number of hydrogen-bond donors (Lipinski definition) is 1. The topological polar surface area (TPSA) is 113 Å². The van der Waals surface area contributed by atoms with Gasteiger partial charge in [0.25, 0.3) is 5.69 Å². The van der Waals surface area contributed by atoms with Crippen molar-refractivity contribution < 1.29 is 13.3 Å². The van der Waals surface area contributed by atoms with Gasteiger partial charge >= 0.3 is 0 Å². The Labute approximate surface area is 117 Å². The van der Waals surface area contributed by atoms with Gasteiger partial charge in [-0.05, 0) is 31.9 Å². The Morgan fingerprint density at radius 2 is 2.05 bits per heavy atom. The van der Waals surface area contributed by atoms with E-state index in [0.29, 0.717) is 17.5 Å². The SMILES string of the molecule is CCC(C#N)NS(=O)(=O)c1cc(C)c(C)c([N+](=O)[O-])c1. The summed E-state index contributed by atoms with van der Waals surface area (Å²) in [5.41, 5.74) is 0.668. The van der Waals surface area contributed by atoms with E-state index in [0.717, 1.165) is 6.07 Å². The highest BCUT2D eigenvalue weighted by Gasteiger charge is 2.23. The monoisotopic (exact) mass is 297 g/mol. The van der Waals surface area contributed by atoms with Crippen LogP contribution in [0.4, 0.5) is 5.69 Å². The van der Waals surface area contributed by atoms with Crippen LogP contribution in [0.25, 0.3) is 0 Å². The van der Waals surface area contributed by atoms with Crippen LogP contribution in [0.3, 0.4) is 0 Å². The largest absolute Gasteiger partial charge is 0.273 e. The highest BCUT2D eigenvalue weighted by atomic mass is 32.2. The van der Waals surface area contributed by atoms with Gasteiger partial charge in [0.1, 0.15) is 6.04 Å². The fourth-order valence-electron chi connectivity index (χ4n) is 1.61. The van der Waals surface area contributed by atoms with Crippen molar-refractivity contribution in [2.24, 2.45) is 0 Å². The second kappa shape index (κ2) is 5.98. The third kappa shape index (κ3) is 3.31. The first-order valence-electron chi connectivity index (χ1n) is 5.90. The van der Waals surface area contributed by atoms with Gasteiger partial charge in [0.05, 0.1) is 15.9 Å². The molecule has 0 amide bonds. The number of benzene rings is 1. The number of nitro benzene ring substituents is 1. The molecule has 1 aromatic rings. The van der Waals surface area contributed by atoms with E-state index in [-0.39, 0.29) is 10.6 Å². The minimum absolute atomic E-state index is 0.207. The third-order valence-electron chi connectivity index (χ3n) is 2.98. The molecule has 0 saturated carbocycles. The maximum atomic E-state index is 12.1. The lowest BCUT2D eigenvalue weighted by atomic mass is 10.1. The average Bonchev–Trinajstić information content (AvgIpc) is 2.38. The summed E-state index contributed by atoms with van der Waals surface area (Å²) < 4.78 is 26.4. The van der Waals surface area contributed by atoms with Crippen molar-refractivity contribution in [3.8, 4) is 6.07 Å². The van der Waals surface area contributed by atoms with Gasteiger partial charge in [0, 0.05) is 11.6 Å². The van der Waals surface area contributed by atoms with Gasteiger partial charge in [-0.15, -0.1) is 0 Å². The predicted molar refractivity (Wildman–Crippen MR) is 72.6 cm³/mol. The van der Waals surface area contributed by atoms with E-state index in [1.807, 2.05) is 6.07 Å². The molecule has 8 heteroatoms. The number of aryl methyl sites for hydroxylation is 1. The van der Waals surface area contributed by atoms with E-state index in [9.17, 15) is 18.5 Å². The summed E-state index contributed by atoms with van der Waals surface area (Å²) in [5.74, 6) is 0. The molecule has 0 saturated heterocycles. The van der Waals surface area contributed by atoms with Crippen molar-refractivity contribution in [3.05, 3.63) is 33.4 Å². The van der Waals surface area contributed by atoms with Crippen LogP contribution in [-0.2, 0) is 10.0 Å². The zero-order chi connectivity index (χ0) is 15.5. The van der Waals surface area contributed by atoms with Gasteiger partial charge in [-0.25, -0.2) is 8.42 Å². The van der Waals surface area contributed by atoms with Gasteiger partial charge in [-0.1, -0.05) is 6.92 Å². The molecule has 0 bridgehead atoms. The van der Waals surface area contributed by atoms with E-state index in [1.54, 1.807) is 20.8 Å². The summed E-state index contributed by atoms with van der Waals surface area (Å²) in [6, 6.07) is 3.32. The van der Waals surface area contributed by atoms with Gasteiger partial charge in [0.15, 0.2) is 0 Å². The van der Waals surface area contributed by atoms with Gasteiger partial charge in [-0.2, -0.15) is 9.98 Å². The number of nitrogens with zero attached hydrogens (tertiary/aromatic N) is 2. The predicted octanol–water partition coefficient (Wildman–Crippen LogP) is 1.79. The van der Waals surface area contributed by atoms with E-state index in [4.69, 9.17) is 5.26 Å². The molecule has 1 N–H and O–H groups in total. The van der Waals surface area contributed by atoms with Crippen LogP contribution in [0.5, 0.6) is 0 Å². The summed E-state index contributed by atoms with van der Waals surface area (Å²) >= 11 is 0. The molecule has 0 radical (unpaired) electrons. The molecule has 0 aliphatic heterocycles. The average molecular weight is 297 g/mol. The molecule has 0 aliphatic rings. The lowest BCUT2D eigenvalue weighted by Crippen LogP contribution is -2.33. The molecular formula is C12H15N3O4S. The zero-order valence-electron chi connectivity index (χ0n) is 11.4. The van der Waals surface area contributed by atoms with Crippen molar-refractivity contribution in [3.63, 3.8) is 0 Å². The fourth-order valence-corrected chi connectivity index (χ4v) is 2.94. The quantitative estimate of drug-likeness (QED) is 0.657. The fraction of sp³-hybridized carbons (Fsp3) is 0.417. The highest BCUT2D eigenvalue weighted by molar-refractivity contribution is 7.89. The van der Waals surface area contributed by atoms with Crippen molar-refractivity contribution in [2.45, 2.75) is 38.1 Å². The second-order valence-electron chi connectivity index (χ2n) is 4.35. The summed E-state index contributed by atoms with van der Waals surface area (Å²) in [4.78, 5) is 10.1. The molecule has 1 atom stereocenters. The van der Waals surface area contributed by atoms with E-state index >= 15 is 0 Å². The Morgan fingerprint density at radius 3 is 2.50 bits per heavy atom. The minimum atomic E-state index is -3.96. The molecular weight excluding hydrogens is 282 g/mol.